The van der Waals surface area contributed by atoms with Gasteiger partial charge in [0.15, 0.2) is 5.65 Å². The maximum Gasteiger partial charge on any atom is 0.419 e. The summed E-state index contributed by atoms with van der Waals surface area (Å²) < 4.78 is 68.7. The second-order valence-corrected chi connectivity index (χ2v) is 7.17. The van der Waals surface area contributed by atoms with Crippen LogP contribution < -0.4 is 11.5 Å². The fourth-order valence-corrected chi connectivity index (χ4v) is 3.40. The first-order valence-corrected chi connectivity index (χ1v) is 9.36. The van der Waals surface area contributed by atoms with Crippen LogP contribution in [0.25, 0.3) is 22.4 Å². The van der Waals surface area contributed by atoms with Gasteiger partial charge in [-0.2, -0.15) is 23.4 Å². The summed E-state index contributed by atoms with van der Waals surface area (Å²) in [7, 11) is 0. The van der Waals surface area contributed by atoms with Crippen molar-refractivity contribution in [3.05, 3.63) is 70.5 Å². The normalized spacial score (nSPS) is 11.5. The summed E-state index contributed by atoms with van der Waals surface area (Å²) in [5, 5.41) is 9.25. The Hall–Kier alpha value is -4.60. The largest absolute Gasteiger partial charge is 0.419 e. The Kier molecular flexibility index (Phi) is 5.36. The number of carbonyl (C=O) groups is 1. The number of nitrogens with two attached hydrogens (primary N) is 2. The second-order valence-electron chi connectivity index (χ2n) is 7.17. The average molecular weight is 473 g/mol. The quantitative estimate of drug-likeness (QED) is 0.436. The molecule has 34 heavy (non-hydrogen) atoms. The SMILES string of the molecule is N#Cc1cc(C(N)=O)cc(-c2nc(N)nc3c2ncn3Cc2cc(F)cc(C(F)(F)F)c2F)c1. The highest BCUT2D eigenvalue weighted by Crippen LogP contribution is 2.34. The lowest BCUT2D eigenvalue weighted by Gasteiger charge is -2.13. The first kappa shape index (κ1) is 22.6. The summed E-state index contributed by atoms with van der Waals surface area (Å²) >= 11 is 0. The van der Waals surface area contributed by atoms with Gasteiger partial charge in [0.25, 0.3) is 0 Å². The van der Waals surface area contributed by atoms with Crippen molar-refractivity contribution in [3.8, 4) is 17.3 Å². The highest BCUT2D eigenvalue weighted by molar-refractivity contribution is 5.96. The molecular formula is C21H12F5N7O. The summed E-state index contributed by atoms with van der Waals surface area (Å²) in [4.78, 5) is 23.9. The second kappa shape index (κ2) is 8.07. The lowest BCUT2D eigenvalue weighted by molar-refractivity contribution is -0.140. The predicted molar refractivity (Wildman–Crippen MR) is 109 cm³/mol. The van der Waals surface area contributed by atoms with Crippen LogP contribution in [-0.2, 0) is 12.7 Å². The number of primary amides is 1. The van der Waals surface area contributed by atoms with E-state index in [-0.39, 0.29) is 45.6 Å². The van der Waals surface area contributed by atoms with Crippen molar-refractivity contribution in [1.29, 1.82) is 5.26 Å². The van der Waals surface area contributed by atoms with Crippen molar-refractivity contribution in [2.75, 3.05) is 5.73 Å². The van der Waals surface area contributed by atoms with Crippen LogP contribution in [0.2, 0.25) is 0 Å². The third-order valence-electron chi connectivity index (χ3n) is 4.86. The summed E-state index contributed by atoms with van der Waals surface area (Å²) in [5.41, 5.74) is 9.31. The van der Waals surface area contributed by atoms with E-state index >= 15 is 0 Å². The standard InChI is InChI=1S/C21H12F5N7O/c22-13-4-12(15(23)14(5-13)21(24,25)26)7-33-8-30-17-16(31-20(29)32-19(17)33)10-1-9(6-27)2-11(3-10)18(28)34/h1-5,8H,7H2,(H2,28,34)(H2,29,31,32). The molecule has 4 aromatic rings. The van der Waals surface area contributed by atoms with Crippen molar-refractivity contribution < 1.29 is 26.7 Å². The molecule has 2 aromatic carbocycles. The molecule has 4 N–H and O–H groups in total. The zero-order valence-corrected chi connectivity index (χ0v) is 16.9. The number of fused-ring (bicyclic) bond motifs is 1. The molecule has 0 unspecified atom stereocenters. The van der Waals surface area contributed by atoms with Crippen molar-refractivity contribution in [3.63, 3.8) is 0 Å². The highest BCUT2D eigenvalue weighted by atomic mass is 19.4. The van der Waals surface area contributed by atoms with Crippen LogP contribution >= 0.6 is 0 Å². The summed E-state index contributed by atoms with van der Waals surface area (Å²) in [6, 6.07) is 6.62. The third kappa shape index (κ3) is 4.08. The highest BCUT2D eigenvalue weighted by Gasteiger charge is 2.36. The molecule has 13 heteroatoms. The fourth-order valence-electron chi connectivity index (χ4n) is 3.40. The average Bonchev–Trinajstić information content (AvgIpc) is 3.16. The van der Waals surface area contributed by atoms with Crippen molar-refractivity contribution >= 4 is 23.0 Å². The number of alkyl halides is 3. The number of hydrogen-bond donors (Lipinski definition) is 2. The third-order valence-corrected chi connectivity index (χ3v) is 4.86. The van der Waals surface area contributed by atoms with Gasteiger partial charge in [0, 0.05) is 16.7 Å². The van der Waals surface area contributed by atoms with Gasteiger partial charge in [-0.15, -0.1) is 0 Å². The van der Waals surface area contributed by atoms with E-state index in [9.17, 15) is 32.0 Å². The molecule has 2 heterocycles. The molecule has 172 valence electrons. The van der Waals surface area contributed by atoms with Crippen LogP contribution in [0.5, 0.6) is 0 Å². The molecule has 4 rings (SSSR count). The minimum atomic E-state index is -5.10. The van der Waals surface area contributed by atoms with Gasteiger partial charge >= 0.3 is 6.18 Å². The Morgan fingerprint density at radius 1 is 1.12 bits per heavy atom. The van der Waals surface area contributed by atoms with E-state index in [4.69, 9.17) is 11.5 Å². The predicted octanol–water partition coefficient (Wildman–Crippen LogP) is 3.39. The Balaban J connectivity index is 1.87. The van der Waals surface area contributed by atoms with Crippen molar-refractivity contribution in [1.82, 2.24) is 19.5 Å². The molecule has 2 aromatic heterocycles. The molecule has 0 aliphatic rings. The molecule has 0 spiro atoms. The number of amides is 1. The first-order valence-electron chi connectivity index (χ1n) is 9.36. The van der Waals surface area contributed by atoms with Gasteiger partial charge in [-0.25, -0.2) is 18.7 Å². The van der Waals surface area contributed by atoms with E-state index in [1.807, 2.05) is 6.07 Å². The molecule has 0 saturated carbocycles. The number of carbonyl (C=O) groups excluding carboxylic acids is 1. The Morgan fingerprint density at radius 2 is 1.85 bits per heavy atom. The zero-order valence-electron chi connectivity index (χ0n) is 16.9. The van der Waals surface area contributed by atoms with Crippen molar-refractivity contribution in [2.24, 2.45) is 5.73 Å². The number of nitrogen functional groups attached to an aromatic ring is 1. The van der Waals surface area contributed by atoms with Crippen molar-refractivity contribution in [2.45, 2.75) is 12.7 Å². The number of hydrogen-bond acceptors (Lipinski definition) is 6. The molecule has 0 aliphatic carbocycles. The van der Waals surface area contributed by atoms with Crippen LogP contribution in [0, 0.1) is 23.0 Å². The first-order chi connectivity index (χ1) is 16.0. The van der Waals surface area contributed by atoms with Gasteiger partial charge in [0.1, 0.15) is 22.8 Å². The number of anilines is 1. The number of benzene rings is 2. The number of nitrogens with zero attached hydrogens (tertiary/aromatic N) is 5. The minimum absolute atomic E-state index is 0.00251. The van der Waals surface area contributed by atoms with E-state index in [2.05, 4.69) is 15.0 Å². The fraction of sp³-hybridized carbons (Fsp3) is 0.0952. The molecular weight excluding hydrogens is 461 g/mol. The maximum atomic E-state index is 14.5. The summed E-state index contributed by atoms with van der Waals surface area (Å²) in [6.45, 7) is -0.552. The number of nitriles is 1. The lowest BCUT2D eigenvalue weighted by Crippen LogP contribution is -2.13. The molecule has 8 nitrogen and oxygen atoms in total. The van der Waals surface area contributed by atoms with Gasteiger partial charge in [-0.1, -0.05) is 0 Å². The zero-order chi connectivity index (χ0) is 24.8. The smallest absolute Gasteiger partial charge is 0.368 e. The summed E-state index contributed by atoms with van der Waals surface area (Å²) in [5.74, 6) is -3.98. The number of rotatable bonds is 4. The van der Waals surface area contributed by atoms with E-state index in [0.29, 0.717) is 6.07 Å². The molecule has 0 fully saturated rings. The Bertz CT molecular complexity index is 1500. The van der Waals surface area contributed by atoms with Gasteiger partial charge in [-0.3, -0.25) is 4.79 Å². The Morgan fingerprint density at radius 3 is 2.50 bits per heavy atom. The van der Waals surface area contributed by atoms with Crippen LogP contribution in [-0.4, -0.2) is 25.4 Å². The van der Waals surface area contributed by atoms with Crippen LogP contribution in [0.3, 0.4) is 0 Å². The van der Waals surface area contributed by atoms with Gasteiger partial charge in [-0.05, 0) is 30.3 Å². The topological polar surface area (TPSA) is 136 Å². The molecule has 1 amide bonds. The molecule has 0 bridgehead atoms. The minimum Gasteiger partial charge on any atom is -0.368 e. The molecule has 0 aliphatic heterocycles. The number of halogens is 5. The van der Waals surface area contributed by atoms with E-state index in [1.54, 1.807) is 0 Å². The van der Waals surface area contributed by atoms with Crippen LogP contribution in [0.4, 0.5) is 27.9 Å². The van der Waals surface area contributed by atoms with E-state index in [0.717, 1.165) is 10.9 Å². The molecule has 0 radical (unpaired) electrons. The van der Waals surface area contributed by atoms with Gasteiger partial charge in [0.2, 0.25) is 11.9 Å². The summed E-state index contributed by atoms with van der Waals surface area (Å²) in [6.07, 6.45) is -3.95. The van der Waals surface area contributed by atoms with Crippen LogP contribution in [0.15, 0.2) is 36.7 Å². The molecule has 0 saturated heterocycles. The van der Waals surface area contributed by atoms with E-state index in [1.165, 1.54) is 18.2 Å². The lowest BCUT2D eigenvalue weighted by atomic mass is 10.0. The van der Waals surface area contributed by atoms with E-state index < -0.39 is 41.4 Å². The molecule has 0 atom stereocenters. The monoisotopic (exact) mass is 473 g/mol. The number of imidazole rings is 1. The van der Waals surface area contributed by atoms with Crippen LogP contribution in [0.1, 0.15) is 27.0 Å². The van der Waals surface area contributed by atoms with Gasteiger partial charge in [0.05, 0.1) is 30.1 Å². The number of aromatic nitrogens is 4. The van der Waals surface area contributed by atoms with Gasteiger partial charge < -0.3 is 16.0 Å². The maximum absolute atomic E-state index is 14.5. The Labute approximate surface area is 187 Å².